The van der Waals surface area contributed by atoms with Crippen LogP contribution in [0.2, 0.25) is 0 Å². The molecule has 37 heavy (non-hydrogen) atoms. The molecule has 0 saturated heterocycles. The van der Waals surface area contributed by atoms with Crippen molar-refractivity contribution in [3.05, 3.63) is 12.2 Å². The van der Waals surface area contributed by atoms with Gasteiger partial charge >= 0.3 is 11.9 Å². The fourth-order valence-corrected chi connectivity index (χ4v) is 5.12. The molecule has 0 aromatic heterocycles. The molecule has 0 amide bonds. The van der Waals surface area contributed by atoms with Gasteiger partial charge in [-0.2, -0.15) is 0 Å². The molecule has 0 heterocycles. The Kier molecular flexibility index (Phi) is 20.0. The van der Waals surface area contributed by atoms with Gasteiger partial charge in [-0.3, -0.25) is 9.59 Å². The quantitative estimate of drug-likeness (QED) is 0.0902. The third-order valence-corrected chi connectivity index (χ3v) is 7.36. The van der Waals surface area contributed by atoms with E-state index in [1.165, 1.54) is 84.0 Å². The molecule has 7 nitrogen and oxygen atoms in total. The monoisotopic (exact) mass is 525 g/mol. The molecule has 2 N–H and O–H groups in total. The molecule has 0 aliphatic rings. The normalized spacial score (nSPS) is 15.8. The van der Waals surface area contributed by atoms with Crippen molar-refractivity contribution in [3.63, 3.8) is 0 Å². The maximum atomic E-state index is 11.6. The van der Waals surface area contributed by atoms with Crippen molar-refractivity contribution in [2.24, 2.45) is 17.8 Å². The van der Waals surface area contributed by atoms with Gasteiger partial charge in [-0.05, 0) is 32.8 Å². The van der Waals surface area contributed by atoms with Crippen LogP contribution in [0.5, 0.6) is 0 Å². The zero-order valence-corrected chi connectivity index (χ0v) is 24.1. The number of unbranched alkanes of at least 4 members (excludes halogenated alkanes) is 13. The molecule has 0 aromatic rings. The molecule has 0 rings (SSSR count). The summed E-state index contributed by atoms with van der Waals surface area (Å²) in [5, 5.41) is 30.4. The summed E-state index contributed by atoms with van der Waals surface area (Å²) < 4.78 is 0.102. The van der Waals surface area contributed by atoms with E-state index in [1.54, 1.807) is 13.8 Å². The van der Waals surface area contributed by atoms with Crippen LogP contribution in [0, 0.1) is 17.8 Å². The zero-order valence-electron chi connectivity index (χ0n) is 24.1. The van der Waals surface area contributed by atoms with Crippen LogP contribution in [0.25, 0.3) is 0 Å². The largest absolute Gasteiger partial charge is 0.550 e. The Balaban J connectivity index is 4.59. The molecule has 3 atom stereocenters. The Bertz CT molecular complexity index is 607. The fraction of sp³-hybridized carbons (Fsp3) is 0.833. The maximum Gasteiger partial charge on any atom is 0.311 e. The number of rotatable bonds is 25. The minimum absolute atomic E-state index is 0.102. The van der Waals surface area contributed by atoms with E-state index in [-0.39, 0.29) is 24.1 Å². The van der Waals surface area contributed by atoms with Gasteiger partial charge in [-0.1, -0.05) is 97.0 Å². The molecule has 0 fully saturated rings. The fourth-order valence-electron chi connectivity index (χ4n) is 5.12. The van der Waals surface area contributed by atoms with Gasteiger partial charge in [0.2, 0.25) is 0 Å². The summed E-state index contributed by atoms with van der Waals surface area (Å²) in [5.41, 5.74) is 0. The van der Waals surface area contributed by atoms with E-state index in [0.717, 1.165) is 12.8 Å². The van der Waals surface area contributed by atoms with Crippen molar-refractivity contribution in [1.82, 2.24) is 0 Å². The molecular formula is C30H55NO6. The van der Waals surface area contributed by atoms with Crippen molar-refractivity contribution >= 4 is 17.9 Å². The average Bonchev–Trinajstić information content (AvgIpc) is 2.83. The zero-order chi connectivity index (χ0) is 28.1. The Labute approximate surface area is 225 Å². The molecular weight excluding hydrogens is 470 g/mol. The molecule has 0 aliphatic carbocycles. The number of hydrogen-bond donors (Lipinski definition) is 2. The summed E-state index contributed by atoms with van der Waals surface area (Å²) in [4.78, 5) is 34.6. The average molecular weight is 526 g/mol. The van der Waals surface area contributed by atoms with Crippen molar-refractivity contribution in [2.75, 3.05) is 26.2 Å². The summed E-state index contributed by atoms with van der Waals surface area (Å²) in [6.45, 7) is 7.86. The number of aliphatic carboxylic acids is 3. The number of carbonyl (C=O) groups is 3. The summed E-state index contributed by atoms with van der Waals surface area (Å²) in [6.07, 6.45) is 21.9. The van der Waals surface area contributed by atoms with E-state index in [1.807, 2.05) is 6.08 Å². The topological polar surface area (TPSA) is 115 Å². The van der Waals surface area contributed by atoms with Gasteiger partial charge in [0.25, 0.3) is 0 Å². The number of carbonyl (C=O) groups excluding carboxylic acids is 1. The van der Waals surface area contributed by atoms with Crippen LogP contribution in [-0.4, -0.2) is 58.8 Å². The van der Waals surface area contributed by atoms with E-state index in [0.29, 0.717) is 6.54 Å². The number of allylic oxidation sites excluding steroid dienone is 1. The first-order valence-corrected chi connectivity index (χ1v) is 14.7. The van der Waals surface area contributed by atoms with Gasteiger partial charge in [0.1, 0.15) is 11.8 Å². The lowest BCUT2D eigenvalue weighted by Crippen LogP contribution is -2.58. The summed E-state index contributed by atoms with van der Waals surface area (Å²) in [5.74, 6) is -5.39. The smallest absolute Gasteiger partial charge is 0.311 e. The molecule has 0 aromatic carbocycles. The minimum Gasteiger partial charge on any atom is -0.550 e. The Morgan fingerprint density at radius 3 is 1.41 bits per heavy atom. The Morgan fingerprint density at radius 2 is 1.03 bits per heavy atom. The first-order chi connectivity index (χ1) is 17.5. The third-order valence-electron chi connectivity index (χ3n) is 7.36. The van der Waals surface area contributed by atoms with Crippen molar-refractivity contribution < 1.29 is 34.2 Å². The number of quaternary nitrogens is 1. The van der Waals surface area contributed by atoms with E-state index in [2.05, 4.69) is 13.0 Å². The lowest BCUT2D eigenvalue weighted by atomic mass is 10.0. The molecule has 0 saturated carbocycles. The summed E-state index contributed by atoms with van der Waals surface area (Å²) in [6, 6.07) is 0. The van der Waals surface area contributed by atoms with E-state index >= 15 is 0 Å². The van der Waals surface area contributed by atoms with Crippen molar-refractivity contribution in [1.29, 1.82) is 0 Å². The van der Waals surface area contributed by atoms with Gasteiger partial charge in [-0.15, -0.1) is 0 Å². The van der Waals surface area contributed by atoms with Crippen LogP contribution in [-0.2, 0) is 14.4 Å². The first-order valence-electron chi connectivity index (χ1n) is 14.7. The number of nitrogens with zero attached hydrogens (tertiary/aromatic N) is 1. The van der Waals surface area contributed by atoms with E-state index < -0.39 is 35.7 Å². The number of carboxylic acid groups (broad SMARTS) is 3. The maximum absolute atomic E-state index is 11.6. The standard InChI is InChI=1S/C30H55NO6/c1-5-6-7-8-9-10-11-12-13-14-15-16-17-18-19-20-21-31(22-25(2)28(32)33,23-26(3)29(34)35)24-27(4)30(36)37/h19-20,25-27H,5-18,21-24H2,1-4H3,(H2-,32,33,34,35,36,37)/b20-19+. The molecule has 0 radical (unpaired) electrons. The van der Waals surface area contributed by atoms with Crippen molar-refractivity contribution in [3.8, 4) is 0 Å². The van der Waals surface area contributed by atoms with Gasteiger partial charge in [0.05, 0.1) is 26.2 Å². The predicted octanol–water partition coefficient (Wildman–Crippen LogP) is 5.67. The van der Waals surface area contributed by atoms with Crippen LogP contribution in [0.15, 0.2) is 12.2 Å². The lowest BCUT2D eigenvalue weighted by molar-refractivity contribution is -0.929. The molecule has 216 valence electrons. The summed E-state index contributed by atoms with van der Waals surface area (Å²) in [7, 11) is 0. The molecule has 0 spiro atoms. The van der Waals surface area contributed by atoms with Crippen LogP contribution >= 0.6 is 0 Å². The van der Waals surface area contributed by atoms with Gasteiger partial charge < -0.3 is 24.6 Å². The first kappa shape index (κ1) is 35.1. The highest BCUT2D eigenvalue weighted by atomic mass is 16.4. The van der Waals surface area contributed by atoms with Crippen LogP contribution in [0.3, 0.4) is 0 Å². The second-order valence-electron chi connectivity index (χ2n) is 11.3. The second kappa shape index (κ2) is 21.1. The number of carboxylic acids is 3. The van der Waals surface area contributed by atoms with E-state index in [9.17, 15) is 29.7 Å². The second-order valence-corrected chi connectivity index (χ2v) is 11.3. The molecule has 7 heteroatoms. The highest BCUT2D eigenvalue weighted by Gasteiger charge is 2.36. The SMILES string of the molecule is CCCCCCCCCCCCCCC/C=C/C[N+](CC(C)C(=O)[O-])(CC(C)C(=O)O)CC(C)C(=O)O. The van der Waals surface area contributed by atoms with Gasteiger partial charge in [-0.25, -0.2) is 0 Å². The minimum atomic E-state index is -1.20. The summed E-state index contributed by atoms with van der Waals surface area (Å²) >= 11 is 0. The molecule has 0 aliphatic heterocycles. The van der Waals surface area contributed by atoms with Gasteiger partial charge in [0.15, 0.2) is 0 Å². The molecule has 3 unspecified atom stereocenters. The van der Waals surface area contributed by atoms with Crippen LogP contribution in [0.1, 0.15) is 118 Å². The number of hydrogen-bond acceptors (Lipinski definition) is 4. The van der Waals surface area contributed by atoms with Crippen molar-refractivity contribution in [2.45, 2.75) is 118 Å². The van der Waals surface area contributed by atoms with E-state index in [4.69, 9.17) is 0 Å². The predicted molar refractivity (Wildman–Crippen MR) is 147 cm³/mol. The van der Waals surface area contributed by atoms with Gasteiger partial charge in [0, 0.05) is 11.9 Å². The highest BCUT2D eigenvalue weighted by molar-refractivity contribution is 5.70. The third kappa shape index (κ3) is 18.1. The van der Waals surface area contributed by atoms with Crippen LogP contribution in [0.4, 0.5) is 0 Å². The Morgan fingerprint density at radius 1 is 0.649 bits per heavy atom. The Hall–Kier alpha value is -1.89. The molecule has 0 bridgehead atoms. The lowest BCUT2D eigenvalue weighted by Gasteiger charge is -2.42. The highest BCUT2D eigenvalue weighted by Crippen LogP contribution is 2.20. The van der Waals surface area contributed by atoms with Crippen LogP contribution < -0.4 is 5.11 Å².